The maximum absolute atomic E-state index is 9.77. The fraction of sp³-hybridized carbons (Fsp3) is 0. The molecule has 0 nitrogen and oxygen atoms in total. The van der Waals surface area contributed by atoms with Crippen LogP contribution in [0.2, 0.25) is 0 Å². The fourth-order valence-electron chi connectivity index (χ4n) is 5.22. The Kier molecular flexibility index (Phi) is 2.18. The molecule has 0 spiro atoms. The topological polar surface area (TPSA) is 0 Å². The van der Waals surface area contributed by atoms with Crippen LogP contribution in [0.4, 0.5) is 0 Å². The molecule has 0 aliphatic rings. The van der Waals surface area contributed by atoms with E-state index in [0.29, 0.717) is 0 Å². The SMILES string of the molecule is [2H]c1c([2H])c(-c2c3c([2H])c([2H])c([2H])c([2H])c3c(-c3c([2H])c([2H])c4c([2H])c([2H])c5c([2H])c([2H])c([2H])c([2H])c5c4c3[2H])c3c([2H])c([2H])c([2H])c([2H])c23)c([2H])c([2H])c1-c1c([2H])c([2H])c([2H])c2c([2H])c([2H])c([2H])c([2H])c12. The zero-order valence-corrected chi connectivity index (χ0v) is 22.0. The van der Waals surface area contributed by atoms with Gasteiger partial charge in [0.1, 0.15) is 0 Å². The molecule has 0 amide bonds. The lowest BCUT2D eigenvalue weighted by Crippen LogP contribution is -1.91. The summed E-state index contributed by atoms with van der Waals surface area (Å²) in [5, 5.41) is -6.57. The van der Waals surface area contributed by atoms with Gasteiger partial charge in [-0.2, -0.15) is 0 Å². The molecule has 44 heavy (non-hydrogen) atoms. The predicted octanol–water partition coefficient (Wildman–Crippen LogP) is 12.5. The summed E-state index contributed by atoms with van der Waals surface area (Å²) in [7, 11) is 0. The monoisotopic (exact) mass is 584 g/mol. The molecule has 9 aromatic rings. The van der Waals surface area contributed by atoms with Crippen LogP contribution in [0, 0.1) is 0 Å². The zero-order chi connectivity index (χ0) is 53.4. The van der Waals surface area contributed by atoms with Crippen molar-refractivity contribution in [2.75, 3.05) is 0 Å². The van der Waals surface area contributed by atoms with Gasteiger partial charge in [-0.1, -0.05) is 163 Å². The number of hydrogen-bond acceptors (Lipinski definition) is 0. The average molecular weight is 585 g/mol. The van der Waals surface area contributed by atoms with E-state index in [0.717, 1.165) is 0 Å². The second kappa shape index (κ2) is 9.93. The minimum Gasteiger partial charge on any atom is -0.0616 e. The van der Waals surface area contributed by atoms with Crippen molar-refractivity contribution < 1.29 is 38.4 Å². The summed E-state index contributed by atoms with van der Waals surface area (Å²) >= 11 is 0. The first-order chi connectivity index (χ1) is 33.5. The van der Waals surface area contributed by atoms with E-state index in [1.807, 2.05) is 0 Å². The average Bonchev–Trinajstić information content (AvgIpc) is 3.34. The Morgan fingerprint density at radius 2 is 0.682 bits per heavy atom. The Morgan fingerprint density at radius 3 is 1.32 bits per heavy atom. The normalized spacial score (nSPS) is 20.5. The first-order valence-electron chi connectivity index (χ1n) is 27.0. The lowest BCUT2D eigenvalue weighted by molar-refractivity contribution is 1.63. The van der Waals surface area contributed by atoms with Crippen LogP contribution in [-0.4, -0.2) is 0 Å². The summed E-state index contributed by atoms with van der Waals surface area (Å²) in [4.78, 5) is 0. The van der Waals surface area contributed by atoms with Crippen molar-refractivity contribution in [3.8, 4) is 33.4 Å². The third-order valence-corrected chi connectivity index (χ3v) is 7.12. The molecule has 0 atom stereocenters. The summed E-state index contributed by atoms with van der Waals surface area (Å²) in [5.74, 6) is 0. The standard InChI is InChI=1S/C44H28/c1-3-13-35-29(10-1)12-9-19-36(35)31-22-25-33(26-23-31)43-38-15-5-7-17-40(38)44(41-18-8-6-16-39(41)43)34-27-24-32-21-20-30-11-2-4-14-37(30)42(32)28-34/h1-28H/i1D,2D,3D,4D,5D,6D,7D,8D,9D,10D,11D,12D,13D,14D,15D,16D,17D,18D,19D,20D,21D,22D,23D,24D,25D,26D,27D,28D. The smallest absolute Gasteiger partial charge is 0.0616 e. The van der Waals surface area contributed by atoms with Crippen molar-refractivity contribution in [3.05, 3.63) is 169 Å². The third kappa shape index (κ3) is 3.85. The van der Waals surface area contributed by atoms with Crippen LogP contribution in [0.3, 0.4) is 0 Å². The fourth-order valence-corrected chi connectivity index (χ4v) is 5.22. The highest BCUT2D eigenvalue weighted by Gasteiger charge is 2.17. The third-order valence-electron chi connectivity index (χ3n) is 7.12. The summed E-state index contributed by atoms with van der Waals surface area (Å²) in [6.07, 6.45) is 0. The summed E-state index contributed by atoms with van der Waals surface area (Å²) in [5.41, 5.74) is -4.74. The lowest BCUT2D eigenvalue weighted by Gasteiger charge is -2.18. The Balaban J connectivity index is 1.58. The largest absolute Gasteiger partial charge is 0.0636 e. The molecule has 0 unspecified atom stereocenters. The van der Waals surface area contributed by atoms with Gasteiger partial charge < -0.3 is 0 Å². The van der Waals surface area contributed by atoms with Gasteiger partial charge in [-0.15, -0.1) is 0 Å². The molecular weight excluding hydrogens is 528 g/mol. The Hall–Kier alpha value is -5.72. The van der Waals surface area contributed by atoms with Crippen molar-refractivity contribution in [3.63, 3.8) is 0 Å². The van der Waals surface area contributed by atoms with Crippen molar-refractivity contribution >= 4 is 53.9 Å². The molecule has 9 rings (SSSR count). The summed E-state index contributed by atoms with van der Waals surface area (Å²) in [6.45, 7) is 0. The molecule has 0 saturated heterocycles. The van der Waals surface area contributed by atoms with Crippen molar-refractivity contribution in [1.82, 2.24) is 0 Å². The summed E-state index contributed by atoms with van der Waals surface area (Å²) < 4.78 is 251. The minimum atomic E-state index is -1.10. The highest BCUT2D eigenvalue weighted by molar-refractivity contribution is 6.22. The lowest BCUT2D eigenvalue weighted by atomic mass is 9.85. The van der Waals surface area contributed by atoms with Crippen molar-refractivity contribution in [2.45, 2.75) is 0 Å². The van der Waals surface area contributed by atoms with Crippen LogP contribution in [0.25, 0.3) is 87.2 Å². The van der Waals surface area contributed by atoms with Crippen LogP contribution in [0.5, 0.6) is 0 Å². The van der Waals surface area contributed by atoms with E-state index in [-0.39, 0.29) is 0 Å². The van der Waals surface area contributed by atoms with E-state index in [2.05, 4.69) is 0 Å². The Bertz CT molecular complexity index is 4000. The van der Waals surface area contributed by atoms with E-state index in [4.69, 9.17) is 23.3 Å². The molecule has 9 aromatic carbocycles. The van der Waals surface area contributed by atoms with Gasteiger partial charge in [0.25, 0.3) is 0 Å². The number of fused-ring (bicyclic) bond motifs is 6. The van der Waals surface area contributed by atoms with Crippen molar-refractivity contribution in [1.29, 1.82) is 0 Å². The van der Waals surface area contributed by atoms with Gasteiger partial charge >= 0.3 is 0 Å². The van der Waals surface area contributed by atoms with Crippen molar-refractivity contribution in [2.24, 2.45) is 0 Å². The molecule has 0 heterocycles. The second-order valence-corrected chi connectivity index (χ2v) is 9.50. The molecule has 0 fully saturated rings. The van der Waals surface area contributed by atoms with Gasteiger partial charge in [0.2, 0.25) is 0 Å². The van der Waals surface area contributed by atoms with E-state index >= 15 is 0 Å². The van der Waals surface area contributed by atoms with Gasteiger partial charge in [0.15, 0.2) is 0 Å². The first-order valence-corrected chi connectivity index (χ1v) is 13.0. The molecule has 0 aliphatic heterocycles. The Morgan fingerprint density at radius 1 is 0.273 bits per heavy atom. The van der Waals surface area contributed by atoms with Crippen LogP contribution in [0.15, 0.2) is 169 Å². The molecule has 204 valence electrons. The van der Waals surface area contributed by atoms with Gasteiger partial charge in [0.05, 0.1) is 38.4 Å². The van der Waals surface area contributed by atoms with Crippen LogP contribution in [0.1, 0.15) is 38.4 Å². The molecule has 0 heteroatoms. The molecule has 0 radical (unpaired) electrons. The molecule has 0 bridgehead atoms. The van der Waals surface area contributed by atoms with Crippen LogP contribution < -0.4 is 0 Å². The predicted molar refractivity (Wildman–Crippen MR) is 190 cm³/mol. The van der Waals surface area contributed by atoms with E-state index in [1.54, 1.807) is 0 Å². The first kappa shape index (κ1) is 9.64. The minimum absolute atomic E-state index is 0.552. The molecule has 0 saturated carbocycles. The van der Waals surface area contributed by atoms with Gasteiger partial charge in [-0.05, 0) is 93.3 Å². The number of rotatable bonds is 3. The summed E-state index contributed by atoms with van der Waals surface area (Å²) in [6, 6.07) is -26.3. The highest BCUT2D eigenvalue weighted by Crippen LogP contribution is 2.45. The van der Waals surface area contributed by atoms with Gasteiger partial charge in [-0.3, -0.25) is 0 Å². The molecule has 0 aromatic heterocycles. The number of hydrogen-bond donors (Lipinski definition) is 0. The number of benzene rings is 9. The van der Waals surface area contributed by atoms with E-state index in [9.17, 15) is 15.1 Å². The molecule has 0 N–H and O–H groups in total. The van der Waals surface area contributed by atoms with Crippen LogP contribution in [-0.2, 0) is 0 Å². The zero-order valence-electron chi connectivity index (χ0n) is 50.0. The maximum atomic E-state index is 9.77. The highest BCUT2D eigenvalue weighted by atomic mass is 14.2. The van der Waals surface area contributed by atoms with E-state index < -0.39 is 256 Å². The maximum Gasteiger partial charge on any atom is 0.0636 e. The molecule has 0 aliphatic carbocycles. The van der Waals surface area contributed by atoms with E-state index in [1.165, 1.54) is 0 Å². The molecular formula is C44H28. The van der Waals surface area contributed by atoms with Crippen LogP contribution >= 0.6 is 0 Å². The second-order valence-electron chi connectivity index (χ2n) is 9.50. The van der Waals surface area contributed by atoms with Gasteiger partial charge in [-0.25, -0.2) is 0 Å². The quantitative estimate of drug-likeness (QED) is 0.143. The van der Waals surface area contributed by atoms with Gasteiger partial charge in [0, 0.05) is 0 Å². The Labute approximate surface area is 295 Å².